The topological polar surface area (TPSA) is 95.9 Å². The van der Waals surface area contributed by atoms with E-state index in [9.17, 15) is 0 Å². The predicted octanol–water partition coefficient (Wildman–Crippen LogP) is 1.11. The van der Waals surface area contributed by atoms with Gasteiger partial charge in [-0.2, -0.15) is 0 Å². The molecule has 0 saturated carbocycles. The Morgan fingerprint density at radius 3 is 2.35 bits per heavy atom. The summed E-state index contributed by atoms with van der Waals surface area (Å²) in [6.07, 6.45) is 2.87. The Kier molecular flexibility index (Phi) is 7.31. The number of ether oxygens (including phenoxy) is 1. The van der Waals surface area contributed by atoms with Crippen molar-refractivity contribution in [3.05, 3.63) is 35.9 Å². The fraction of sp³-hybridized carbons (Fsp3) is 0.429. The normalized spacial score (nSPS) is 17.1. The number of rotatable bonds is 4. The van der Waals surface area contributed by atoms with Gasteiger partial charge in [0.2, 0.25) is 0 Å². The van der Waals surface area contributed by atoms with Crippen LogP contribution in [0.4, 0.5) is 0 Å². The number of aliphatic carboxylic acids is 2. The molecule has 0 spiro atoms. The minimum absolute atomic E-state index is 0.443. The largest absolute Gasteiger partial charge is 0.473 e. The third kappa shape index (κ3) is 6.86. The standard InChI is InChI=1S/C12H17NO.C2H2O4/c1-2-5-11(6-3-1)9-13-10-12-7-4-8-14-12;3-1(4)2(5)6/h1-3,5-6,12-13H,4,7-10H2;(H,3,4)(H,5,6). The van der Waals surface area contributed by atoms with Crippen molar-refractivity contribution in [1.29, 1.82) is 0 Å². The zero-order valence-electron chi connectivity index (χ0n) is 11.1. The zero-order chi connectivity index (χ0) is 14.8. The molecule has 0 amide bonds. The molecule has 0 aromatic heterocycles. The van der Waals surface area contributed by atoms with E-state index < -0.39 is 11.9 Å². The fourth-order valence-corrected chi connectivity index (χ4v) is 1.78. The quantitative estimate of drug-likeness (QED) is 0.715. The van der Waals surface area contributed by atoms with Gasteiger partial charge >= 0.3 is 11.9 Å². The first-order chi connectivity index (χ1) is 9.59. The number of hydrogen-bond donors (Lipinski definition) is 3. The summed E-state index contributed by atoms with van der Waals surface area (Å²) in [5.41, 5.74) is 1.34. The third-order valence-corrected chi connectivity index (χ3v) is 2.75. The van der Waals surface area contributed by atoms with Gasteiger partial charge in [-0.05, 0) is 18.4 Å². The van der Waals surface area contributed by atoms with Crippen molar-refractivity contribution in [2.75, 3.05) is 13.2 Å². The second kappa shape index (κ2) is 9.06. The van der Waals surface area contributed by atoms with Crippen molar-refractivity contribution in [3.63, 3.8) is 0 Å². The van der Waals surface area contributed by atoms with Gasteiger partial charge in [-0.15, -0.1) is 0 Å². The molecule has 3 N–H and O–H groups in total. The van der Waals surface area contributed by atoms with Crippen molar-refractivity contribution >= 4 is 11.9 Å². The number of benzene rings is 1. The molecule has 1 atom stereocenters. The van der Waals surface area contributed by atoms with E-state index in [2.05, 4.69) is 29.6 Å². The highest BCUT2D eigenvalue weighted by atomic mass is 16.5. The lowest BCUT2D eigenvalue weighted by molar-refractivity contribution is -0.159. The van der Waals surface area contributed by atoms with Crippen LogP contribution in [0.1, 0.15) is 18.4 Å². The summed E-state index contributed by atoms with van der Waals surface area (Å²) in [7, 11) is 0. The minimum atomic E-state index is -1.82. The summed E-state index contributed by atoms with van der Waals surface area (Å²) >= 11 is 0. The maximum Gasteiger partial charge on any atom is 0.414 e. The molecule has 1 aliphatic heterocycles. The van der Waals surface area contributed by atoms with Crippen LogP contribution in [0.25, 0.3) is 0 Å². The molecule has 6 nitrogen and oxygen atoms in total. The Balaban J connectivity index is 0.000000286. The minimum Gasteiger partial charge on any atom is -0.473 e. The first kappa shape index (κ1) is 16.1. The second-order valence-corrected chi connectivity index (χ2v) is 4.36. The summed E-state index contributed by atoms with van der Waals surface area (Å²) < 4.78 is 5.53. The summed E-state index contributed by atoms with van der Waals surface area (Å²) in [4.78, 5) is 18.2. The highest BCUT2D eigenvalue weighted by molar-refractivity contribution is 6.27. The second-order valence-electron chi connectivity index (χ2n) is 4.36. The summed E-state index contributed by atoms with van der Waals surface area (Å²) in [6.45, 7) is 2.87. The van der Waals surface area contributed by atoms with E-state index >= 15 is 0 Å². The van der Waals surface area contributed by atoms with Gasteiger partial charge in [0.25, 0.3) is 0 Å². The van der Waals surface area contributed by atoms with Crippen LogP contribution in [0, 0.1) is 0 Å². The van der Waals surface area contributed by atoms with Gasteiger partial charge in [0.15, 0.2) is 0 Å². The van der Waals surface area contributed by atoms with Crippen molar-refractivity contribution in [2.24, 2.45) is 0 Å². The molecule has 110 valence electrons. The summed E-state index contributed by atoms with van der Waals surface area (Å²) in [5.74, 6) is -3.65. The molecule has 1 saturated heterocycles. The number of nitrogens with one attached hydrogen (secondary N) is 1. The molecule has 1 unspecified atom stereocenters. The summed E-state index contributed by atoms with van der Waals surface area (Å²) in [5, 5.41) is 18.2. The van der Waals surface area contributed by atoms with E-state index in [0.29, 0.717) is 6.10 Å². The molecule has 1 aromatic rings. The lowest BCUT2D eigenvalue weighted by Gasteiger charge is -2.10. The van der Waals surface area contributed by atoms with Crippen LogP contribution in [-0.4, -0.2) is 41.4 Å². The van der Waals surface area contributed by atoms with Gasteiger partial charge in [0, 0.05) is 19.7 Å². The van der Waals surface area contributed by atoms with E-state index in [1.165, 1.54) is 18.4 Å². The van der Waals surface area contributed by atoms with Crippen molar-refractivity contribution < 1.29 is 24.5 Å². The highest BCUT2D eigenvalue weighted by Crippen LogP contribution is 2.10. The van der Waals surface area contributed by atoms with Crippen molar-refractivity contribution in [3.8, 4) is 0 Å². The van der Waals surface area contributed by atoms with Gasteiger partial charge in [-0.1, -0.05) is 30.3 Å². The Morgan fingerprint density at radius 2 is 1.85 bits per heavy atom. The molecule has 20 heavy (non-hydrogen) atoms. The molecule has 2 rings (SSSR count). The van der Waals surface area contributed by atoms with Gasteiger partial charge in [-0.25, -0.2) is 9.59 Å². The van der Waals surface area contributed by atoms with E-state index in [1.54, 1.807) is 0 Å². The average Bonchev–Trinajstić information content (AvgIpc) is 2.94. The van der Waals surface area contributed by atoms with Crippen LogP contribution in [0.15, 0.2) is 30.3 Å². The van der Waals surface area contributed by atoms with Gasteiger partial charge < -0.3 is 20.3 Å². The molecular formula is C14H19NO5. The Bertz CT molecular complexity index is 403. The summed E-state index contributed by atoms with van der Waals surface area (Å²) in [6, 6.07) is 10.5. The van der Waals surface area contributed by atoms with Crippen molar-refractivity contribution in [1.82, 2.24) is 5.32 Å². The lowest BCUT2D eigenvalue weighted by atomic mass is 10.2. The van der Waals surface area contributed by atoms with Crippen LogP contribution in [0.5, 0.6) is 0 Å². The highest BCUT2D eigenvalue weighted by Gasteiger charge is 2.14. The Labute approximate surface area is 117 Å². The van der Waals surface area contributed by atoms with E-state index in [4.69, 9.17) is 24.5 Å². The van der Waals surface area contributed by atoms with Crippen LogP contribution < -0.4 is 5.32 Å². The monoisotopic (exact) mass is 281 g/mol. The number of carboxylic acids is 2. The average molecular weight is 281 g/mol. The Hall–Kier alpha value is -1.92. The van der Waals surface area contributed by atoms with Crippen LogP contribution in [0.2, 0.25) is 0 Å². The molecule has 0 aliphatic carbocycles. The molecule has 0 bridgehead atoms. The van der Waals surface area contributed by atoms with Gasteiger partial charge in [0.1, 0.15) is 0 Å². The smallest absolute Gasteiger partial charge is 0.414 e. The van der Waals surface area contributed by atoms with Gasteiger partial charge in [0.05, 0.1) is 6.10 Å². The van der Waals surface area contributed by atoms with E-state index in [-0.39, 0.29) is 0 Å². The van der Waals surface area contributed by atoms with E-state index in [0.717, 1.165) is 19.7 Å². The van der Waals surface area contributed by atoms with Crippen LogP contribution >= 0.6 is 0 Å². The molecule has 1 heterocycles. The number of carbonyl (C=O) groups is 2. The molecule has 6 heteroatoms. The first-order valence-corrected chi connectivity index (χ1v) is 6.42. The maximum atomic E-state index is 9.10. The Morgan fingerprint density at radius 1 is 1.20 bits per heavy atom. The lowest BCUT2D eigenvalue weighted by Crippen LogP contribution is -2.25. The number of carboxylic acid groups (broad SMARTS) is 2. The molecule has 1 aliphatic rings. The van der Waals surface area contributed by atoms with Crippen LogP contribution in [0.3, 0.4) is 0 Å². The van der Waals surface area contributed by atoms with E-state index in [1.807, 2.05) is 6.07 Å². The molecule has 1 fully saturated rings. The van der Waals surface area contributed by atoms with Crippen molar-refractivity contribution in [2.45, 2.75) is 25.5 Å². The molecular weight excluding hydrogens is 262 g/mol. The third-order valence-electron chi connectivity index (χ3n) is 2.75. The predicted molar refractivity (Wildman–Crippen MR) is 72.4 cm³/mol. The van der Waals surface area contributed by atoms with Gasteiger partial charge in [-0.3, -0.25) is 0 Å². The zero-order valence-corrected chi connectivity index (χ0v) is 11.1. The first-order valence-electron chi connectivity index (χ1n) is 6.42. The molecule has 0 radical (unpaired) electrons. The SMILES string of the molecule is O=C(O)C(=O)O.c1ccc(CNCC2CCCO2)cc1. The van der Waals surface area contributed by atoms with Crippen LogP contribution in [-0.2, 0) is 20.9 Å². The molecule has 1 aromatic carbocycles. The number of hydrogen-bond acceptors (Lipinski definition) is 4. The maximum absolute atomic E-state index is 9.10. The fourth-order valence-electron chi connectivity index (χ4n) is 1.78.